The molecule has 21 heavy (non-hydrogen) atoms. The van der Waals surface area contributed by atoms with Crippen LogP contribution in [0.4, 0.5) is 0 Å². The van der Waals surface area contributed by atoms with Crippen molar-refractivity contribution in [2.75, 3.05) is 0 Å². The van der Waals surface area contributed by atoms with E-state index in [1.165, 1.54) is 16.7 Å². The van der Waals surface area contributed by atoms with Crippen LogP contribution in [0.3, 0.4) is 0 Å². The van der Waals surface area contributed by atoms with Crippen LogP contribution in [0, 0.1) is 6.92 Å². The van der Waals surface area contributed by atoms with E-state index in [2.05, 4.69) is 65.9 Å². The van der Waals surface area contributed by atoms with Gasteiger partial charge in [-0.05, 0) is 36.6 Å². The maximum absolute atomic E-state index is 9.58. The monoisotopic (exact) mass is 280 g/mol. The zero-order chi connectivity index (χ0) is 14.8. The van der Waals surface area contributed by atoms with Gasteiger partial charge in [0.25, 0.3) is 0 Å². The molecule has 3 heteroatoms. The van der Waals surface area contributed by atoms with Gasteiger partial charge in [-0.3, -0.25) is 0 Å². The molecule has 1 N–H and O–H groups in total. The summed E-state index contributed by atoms with van der Waals surface area (Å²) in [6.07, 6.45) is 0.995. The van der Waals surface area contributed by atoms with Crippen molar-refractivity contribution in [2.24, 2.45) is 0 Å². The lowest BCUT2D eigenvalue weighted by atomic mass is 10.1. The number of benzene rings is 2. The van der Waals surface area contributed by atoms with Gasteiger partial charge in [-0.2, -0.15) is 0 Å². The Morgan fingerprint density at radius 2 is 1.76 bits per heavy atom. The summed E-state index contributed by atoms with van der Waals surface area (Å²) in [5, 5.41) is 9.58. The highest BCUT2D eigenvalue weighted by Gasteiger charge is 2.10. The minimum absolute atomic E-state index is 0.0397. The molecule has 0 fully saturated rings. The number of nitrogens with zero attached hydrogens (tertiary/aromatic N) is 2. The summed E-state index contributed by atoms with van der Waals surface area (Å²) in [4.78, 5) is 4.57. The number of aliphatic hydroxyl groups is 1. The van der Waals surface area contributed by atoms with Crippen molar-refractivity contribution in [3.05, 3.63) is 65.0 Å². The minimum Gasteiger partial charge on any atom is -0.388 e. The molecule has 0 radical (unpaired) electrons. The number of hydrogen-bond acceptors (Lipinski definition) is 2. The SMILES string of the molecule is CCc1ccc2c(c1)nc(CO)n2Cc1ccc(C)cc1. The second kappa shape index (κ2) is 5.70. The molecule has 3 aromatic rings. The first-order chi connectivity index (χ1) is 10.2. The Bertz CT molecular complexity index is 757. The van der Waals surface area contributed by atoms with E-state index in [0.29, 0.717) is 0 Å². The number of aryl methyl sites for hydroxylation is 2. The number of fused-ring (bicyclic) bond motifs is 1. The van der Waals surface area contributed by atoms with Gasteiger partial charge in [-0.15, -0.1) is 0 Å². The van der Waals surface area contributed by atoms with Crippen molar-refractivity contribution in [1.82, 2.24) is 9.55 Å². The summed E-state index contributed by atoms with van der Waals surface area (Å²) in [6.45, 7) is 4.92. The second-order valence-corrected chi connectivity index (χ2v) is 5.43. The van der Waals surface area contributed by atoms with Crippen LogP contribution in [0.1, 0.15) is 29.4 Å². The zero-order valence-corrected chi connectivity index (χ0v) is 12.5. The Hall–Kier alpha value is -2.13. The highest BCUT2D eigenvalue weighted by Crippen LogP contribution is 2.20. The molecule has 108 valence electrons. The normalized spacial score (nSPS) is 11.2. The Morgan fingerprint density at radius 3 is 2.43 bits per heavy atom. The molecule has 0 aliphatic heterocycles. The summed E-state index contributed by atoms with van der Waals surface area (Å²) >= 11 is 0. The fraction of sp³-hybridized carbons (Fsp3) is 0.278. The molecule has 0 amide bonds. The predicted octanol–water partition coefficient (Wildman–Crippen LogP) is 3.45. The standard InChI is InChI=1S/C18H20N2O/c1-3-14-8-9-17-16(10-14)19-18(12-21)20(17)11-15-6-4-13(2)5-7-15/h4-10,21H,3,11-12H2,1-2H3. The topological polar surface area (TPSA) is 38.1 Å². The van der Waals surface area contributed by atoms with Crippen LogP contribution in [0.2, 0.25) is 0 Å². The largest absolute Gasteiger partial charge is 0.388 e. The van der Waals surface area contributed by atoms with E-state index in [1.54, 1.807) is 0 Å². The highest BCUT2D eigenvalue weighted by molar-refractivity contribution is 5.77. The van der Waals surface area contributed by atoms with Gasteiger partial charge >= 0.3 is 0 Å². The minimum atomic E-state index is -0.0397. The Morgan fingerprint density at radius 1 is 1.05 bits per heavy atom. The van der Waals surface area contributed by atoms with Crippen LogP contribution in [0.25, 0.3) is 11.0 Å². The number of imidazole rings is 1. The summed E-state index contributed by atoms with van der Waals surface area (Å²) in [6, 6.07) is 14.8. The Kier molecular flexibility index (Phi) is 3.76. The fourth-order valence-electron chi connectivity index (χ4n) is 2.62. The van der Waals surface area contributed by atoms with Gasteiger partial charge < -0.3 is 9.67 Å². The van der Waals surface area contributed by atoms with Crippen LogP contribution < -0.4 is 0 Å². The molecule has 1 aromatic heterocycles. The first-order valence-corrected chi connectivity index (χ1v) is 7.35. The quantitative estimate of drug-likeness (QED) is 0.795. The number of aliphatic hydroxyl groups excluding tert-OH is 1. The molecule has 2 aromatic carbocycles. The smallest absolute Gasteiger partial charge is 0.136 e. The average molecular weight is 280 g/mol. The molecule has 3 nitrogen and oxygen atoms in total. The van der Waals surface area contributed by atoms with E-state index >= 15 is 0 Å². The lowest BCUT2D eigenvalue weighted by Crippen LogP contribution is -2.05. The van der Waals surface area contributed by atoms with Crippen LogP contribution in [-0.2, 0) is 19.6 Å². The van der Waals surface area contributed by atoms with E-state index < -0.39 is 0 Å². The molecule has 0 aliphatic carbocycles. The molecule has 0 aliphatic rings. The van der Waals surface area contributed by atoms with E-state index in [9.17, 15) is 5.11 Å². The van der Waals surface area contributed by atoms with Crippen molar-refractivity contribution in [3.63, 3.8) is 0 Å². The maximum Gasteiger partial charge on any atom is 0.136 e. The molecule has 0 saturated carbocycles. The van der Waals surface area contributed by atoms with Crippen LogP contribution >= 0.6 is 0 Å². The van der Waals surface area contributed by atoms with E-state index in [0.717, 1.165) is 29.8 Å². The van der Waals surface area contributed by atoms with Gasteiger partial charge in [0.05, 0.1) is 11.0 Å². The first kappa shape index (κ1) is 13.8. The average Bonchev–Trinajstić information content (AvgIpc) is 2.86. The first-order valence-electron chi connectivity index (χ1n) is 7.35. The number of rotatable bonds is 4. The second-order valence-electron chi connectivity index (χ2n) is 5.43. The summed E-state index contributed by atoms with van der Waals surface area (Å²) in [5.74, 6) is 0.721. The van der Waals surface area contributed by atoms with Crippen molar-refractivity contribution >= 4 is 11.0 Å². The van der Waals surface area contributed by atoms with E-state index in [4.69, 9.17) is 0 Å². The van der Waals surface area contributed by atoms with Gasteiger partial charge in [0.2, 0.25) is 0 Å². The van der Waals surface area contributed by atoms with Crippen LogP contribution in [0.15, 0.2) is 42.5 Å². The van der Waals surface area contributed by atoms with Gasteiger partial charge in [0.15, 0.2) is 0 Å². The molecule has 0 saturated heterocycles. The molecule has 1 heterocycles. The molecule has 0 unspecified atom stereocenters. The number of aromatic nitrogens is 2. The fourth-order valence-corrected chi connectivity index (χ4v) is 2.62. The van der Waals surface area contributed by atoms with Gasteiger partial charge in [-0.1, -0.05) is 42.8 Å². The lowest BCUT2D eigenvalue weighted by Gasteiger charge is -2.08. The molecule has 3 rings (SSSR count). The molecular weight excluding hydrogens is 260 g/mol. The summed E-state index contributed by atoms with van der Waals surface area (Å²) < 4.78 is 2.10. The Balaban J connectivity index is 2.05. The third kappa shape index (κ3) is 2.69. The zero-order valence-electron chi connectivity index (χ0n) is 12.5. The van der Waals surface area contributed by atoms with Crippen molar-refractivity contribution in [1.29, 1.82) is 0 Å². The summed E-state index contributed by atoms with van der Waals surface area (Å²) in [5.41, 5.74) is 5.78. The predicted molar refractivity (Wildman–Crippen MR) is 85.3 cm³/mol. The molecule has 0 spiro atoms. The van der Waals surface area contributed by atoms with Crippen molar-refractivity contribution in [3.8, 4) is 0 Å². The van der Waals surface area contributed by atoms with Gasteiger partial charge in [-0.25, -0.2) is 4.98 Å². The lowest BCUT2D eigenvalue weighted by molar-refractivity contribution is 0.267. The van der Waals surface area contributed by atoms with Crippen LogP contribution in [-0.4, -0.2) is 14.7 Å². The number of hydrogen-bond donors (Lipinski definition) is 1. The molecule has 0 bridgehead atoms. The highest BCUT2D eigenvalue weighted by atomic mass is 16.3. The third-order valence-corrected chi connectivity index (χ3v) is 3.90. The third-order valence-electron chi connectivity index (χ3n) is 3.90. The van der Waals surface area contributed by atoms with E-state index in [1.807, 2.05) is 0 Å². The van der Waals surface area contributed by atoms with Crippen molar-refractivity contribution in [2.45, 2.75) is 33.4 Å². The van der Waals surface area contributed by atoms with Crippen molar-refractivity contribution < 1.29 is 5.11 Å². The summed E-state index contributed by atoms with van der Waals surface area (Å²) in [7, 11) is 0. The molecule has 0 atom stereocenters. The maximum atomic E-state index is 9.58. The Labute approximate surface area is 124 Å². The van der Waals surface area contributed by atoms with Gasteiger partial charge in [0, 0.05) is 6.54 Å². The molecular formula is C18H20N2O. The van der Waals surface area contributed by atoms with E-state index in [-0.39, 0.29) is 6.61 Å². The van der Waals surface area contributed by atoms with Gasteiger partial charge in [0.1, 0.15) is 12.4 Å². The van der Waals surface area contributed by atoms with Crippen LogP contribution in [0.5, 0.6) is 0 Å².